The topological polar surface area (TPSA) is 47.9 Å². The lowest BCUT2D eigenvalue weighted by molar-refractivity contribution is 0.181. The van der Waals surface area contributed by atoms with Crippen molar-refractivity contribution in [1.82, 2.24) is 15.0 Å². The van der Waals surface area contributed by atoms with Gasteiger partial charge in [-0.05, 0) is 6.07 Å². The fourth-order valence-corrected chi connectivity index (χ4v) is 2.19. The Morgan fingerprint density at radius 1 is 1.38 bits per heavy atom. The molecule has 2 heterocycles. The standard InChI is InChI=1S/C9H7Cl2N3OS/c1-15-4-5-2-6(10)14-8(13-5)9-12-3-7(11)16-9/h2-3H,4H2,1H3. The Bertz CT molecular complexity index is 503. The predicted molar refractivity (Wildman–Crippen MR) is 63.9 cm³/mol. The summed E-state index contributed by atoms with van der Waals surface area (Å²) in [4.78, 5) is 12.5. The molecular formula is C9H7Cl2N3OS. The van der Waals surface area contributed by atoms with Crippen molar-refractivity contribution in [2.24, 2.45) is 0 Å². The molecule has 7 heteroatoms. The Kier molecular flexibility index (Phi) is 3.70. The van der Waals surface area contributed by atoms with Crippen molar-refractivity contribution in [2.75, 3.05) is 7.11 Å². The molecule has 0 radical (unpaired) electrons. The molecule has 0 aliphatic heterocycles. The second-order valence-corrected chi connectivity index (χ2v) is 4.96. The Balaban J connectivity index is 2.40. The fraction of sp³-hybridized carbons (Fsp3) is 0.222. The molecule has 0 atom stereocenters. The number of halogens is 2. The highest BCUT2D eigenvalue weighted by Crippen LogP contribution is 2.26. The van der Waals surface area contributed by atoms with Gasteiger partial charge in [-0.1, -0.05) is 34.5 Å². The van der Waals surface area contributed by atoms with Gasteiger partial charge >= 0.3 is 0 Å². The van der Waals surface area contributed by atoms with Gasteiger partial charge in [0.2, 0.25) is 0 Å². The lowest BCUT2D eigenvalue weighted by Gasteiger charge is -2.01. The molecule has 16 heavy (non-hydrogen) atoms. The molecule has 0 aromatic carbocycles. The first kappa shape index (κ1) is 11.7. The van der Waals surface area contributed by atoms with Gasteiger partial charge in [-0.3, -0.25) is 0 Å². The summed E-state index contributed by atoms with van der Waals surface area (Å²) in [6, 6.07) is 1.66. The molecule has 0 bridgehead atoms. The van der Waals surface area contributed by atoms with Gasteiger partial charge in [-0.15, -0.1) is 0 Å². The maximum Gasteiger partial charge on any atom is 0.190 e. The van der Waals surface area contributed by atoms with Gasteiger partial charge in [-0.25, -0.2) is 15.0 Å². The molecule has 0 saturated heterocycles. The Hall–Kier alpha value is -0.750. The molecule has 2 rings (SSSR count). The van der Waals surface area contributed by atoms with Crippen molar-refractivity contribution in [3.05, 3.63) is 27.4 Å². The summed E-state index contributed by atoms with van der Waals surface area (Å²) in [6.07, 6.45) is 1.56. The molecular weight excluding hydrogens is 269 g/mol. The molecule has 84 valence electrons. The minimum absolute atomic E-state index is 0.364. The Labute approximate surface area is 106 Å². The van der Waals surface area contributed by atoms with E-state index in [4.69, 9.17) is 27.9 Å². The fourth-order valence-electron chi connectivity index (χ4n) is 1.14. The zero-order chi connectivity index (χ0) is 11.5. The molecule has 0 fully saturated rings. The summed E-state index contributed by atoms with van der Waals surface area (Å²) in [7, 11) is 1.59. The first-order chi connectivity index (χ1) is 7.69. The maximum absolute atomic E-state index is 5.88. The monoisotopic (exact) mass is 275 g/mol. The maximum atomic E-state index is 5.88. The average Bonchev–Trinajstić information content (AvgIpc) is 2.64. The molecule has 0 aliphatic rings. The first-order valence-electron chi connectivity index (χ1n) is 4.33. The molecule has 0 aliphatic carbocycles. The van der Waals surface area contributed by atoms with Gasteiger partial charge in [-0.2, -0.15) is 0 Å². The van der Waals surface area contributed by atoms with Crippen LogP contribution in [0.3, 0.4) is 0 Å². The Morgan fingerprint density at radius 3 is 2.81 bits per heavy atom. The van der Waals surface area contributed by atoms with E-state index in [2.05, 4.69) is 15.0 Å². The molecule has 4 nitrogen and oxygen atoms in total. The van der Waals surface area contributed by atoms with E-state index in [0.717, 1.165) is 0 Å². The number of methoxy groups -OCH3 is 1. The van der Waals surface area contributed by atoms with Crippen LogP contribution in [0.25, 0.3) is 10.8 Å². The van der Waals surface area contributed by atoms with Crippen molar-refractivity contribution in [1.29, 1.82) is 0 Å². The van der Waals surface area contributed by atoms with Crippen molar-refractivity contribution in [3.8, 4) is 10.8 Å². The summed E-state index contributed by atoms with van der Waals surface area (Å²) < 4.78 is 5.58. The van der Waals surface area contributed by atoms with Crippen molar-refractivity contribution < 1.29 is 4.74 Å². The van der Waals surface area contributed by atoms with Crippen LogP contribution in [0.5, 0.6) is 0 Å². The number of thiazole rings is 1. The Morgan fingerprint density at radius 2 is 2.19 bits per heavy atom. The van der Waals surface area contributed by atoms with Crippen molar-refractivity contribution in [2.45, 2.75) is 6.61 Å². The van der Waals surface area contributed by atoms with Gasteiger partial charge in [0.05, 0.1) is 18.5 Å². The van der Waals surface area contributed by atoms with Gasteiger partial charge in [0.15, 0.2) is 10.8 Å². The van der Waals surface area contributed by atoms with Crippen LogP contribution in [0.15, 0.2) is 12.3 Å². The van der Waals surface area contributed by atoms with Gasteiger partial charge < -0.3 is 4.74 Å². The lowest BCUT2D eigenvalue weighted by atomic mass is 10.4. The molecule has 0 spiro atoms. The third-order valence-electron chi connectivity index (χ3n) is 1.71. The minimum Gasteiger partial charge on any atom is -0.378 e. The predicted octanol–water partition coefficient (Wildman–Crippen LogP) is 3.05. The molecule has 2 aromatic heterocycles. The summed E-state index contributed by atoms with van der Waals surface area (Å²) in [6.45, 7) is 0.383. The van der Waals surface area contributed by atoms with E-state index in [1.54, 1.807) is 19.4 Å². The highest BCUT2D eigenvalue weighted by Gasteiger charge is 2.09. The second-order valence-electron chi connectivity index (χ2n) is 2.91. The molecule has 2 aromatic rings. The normalized spacial score (nSPS) is 10.7. The molecule has 0 amide bonds. The van der Waals surface area contributed by atoms with Crippen LogP contribution in [0.1, 0.15) is 5.69 Å². The van der Waals surface area contributed by atoms with Gasteiger partial charge in [0, 0.05) is 7.11 Å². The molecule has 0 saturated carbocycles. The van der Waals surface area contributed by atoms with Crippen LogP contribution in [0.4, 0.5) is 0 Å². The average molecular weight is 276 g/mol. The van der Waals surface area contributed by atoms with E-state index in [-0.39, 0.29) is 0 Å². The number of aromatic nitrogens is 3. The van der Waals surface area contributed by atoms with E-state index in [1.807, 2.05) is 0 Å². The number of rotatable bonds is 3. The van der Waals surface area contributed by atoms with Crippen LogP contribution < -0.4 is 0 Å². The van der Waals surface area contributed by atoms with Crippen molar-refractivity contribution >= 4 is 34.5 Å². The van der Waals surface area contributed by atoms with E-state index >= 15 is 0 Å². The zero-order valence-electron chi connectivity index (χ0n) is 8.28. The highest BCUT2D eigenvalue weighted by molar-refractivity contribution is 7.18. The van der Waals surface area contributed by atoms with Crippen LogP contribution in [-0.4, -0.2) is 22.1 Å². The van der Waals surface area contributed by atoms with Gasteiger partial charge in [0.25, 0.3) is 0 Å². The summed E-state index contributed by atoms with van der Waals surface area (Å²) >= 11 is 13.0. The largest absolute Gasteiger partial charge is 0.378 e. The van der Waals surface area contributed by atoms with Crippen LogP contribution >= 0.6 is 34.5 Å². The number of nitrogens with zero attached hydrogens (tertiary/aromatic N) is 3. The quantitative estimate of drug-likeness (QED) is 0.808. The summed E-state index contributed by atoms with van der Waals surface area (Å²) in [5, 5.41) is 1.01. The van der Waals surface area contributed by atoms with Crippen molar-refractivity contribution in [3.63, 3.8) is 0 Å². The van der Waals surface area contributed by atoms with Crippen LogP contribution in [0.2, 0.25) is 9.49 Å². The number of hydrogen-bond donors (Lipinski definition) is 0. The number of ether oxygens (including phenoxy) is 1. The second kappa shape index (κ2) is 5.05. The zero-order valence-corrected chi connectivity index (χ0v) is 10.6. The first-order valence-corrected chi connectivity index (χ1v) is 5.90. The van der Waals surface area contributed by atoms with E-state index < -0.39 is 0 Å². The van der Waals surface area contributed by atoms with E-state index in [1.165, 1.54) is 11.3 Å². The van der Waals surface area contributed by atoms with E-state index in [0.29, 0.717) is 32.6 Å². The lowest BCUT2D eigenvalue weighted by Crippen LogP contribution is -1.97. The molecule has 0 N–H and O–H groups in total. The smallest absolute Gasteiger partial charge is 0.190 e. The molecule has 0 unspecified atom stereocenters. The third-order valence-corrected chi connectivity index (χ3v) is 3.01. The minimum atomic E-state index is 0.364. The number of hydrogen-bond acceptors (Lipinski definition) is 5. The van der Waals surface area contributed by atoms with Crippen LogP contribution in [-0.2, 0) is 11.3 Å². The van der Waals surface area contributed by atoms with Gasteiger partial charge in [0.1, 0.15) is 9.49 Å². The summed E-state index contributed by atoms with van der Waals surface area (Å²) in [5.41, 5.74) is 0.712. The SMILES string of the molecule is COCc1cc(Cl)nc(-c2ncc(Cl)s2)n1. The van der Waals surface area contributed by atoms with E-state index in [9.17, 15) is 0 Å². The van der Waals surface area contributed by atoms with Crippen LogP contribution in [0, 0.1) is 0 Å². The summed E-state index contributed by atoms with van der Waals surface area (Å²) in [5.74, 6) is 0.469. The third kappa shape index (κ3) is 2.68. The highest BCUT2D eigenvalue weighted by atomic mass is 35.5.